The quantitative estimate of drug-likeness (QED) is 0.856. The molecule has 0 amide bonds. The first-order chi connectivity index (χ1) is 9.17. The summed E-state index contributed by atoms with van der Waals surface area (Å²) in [4.78, 5) is 0. The van der Waals surface area contributed by atoms with Crippen molar-refractivity contribution in [3.05, 3.63) is 42.0 Å². The zero-order valence-electron chi connectivity index (χ0n) is 10.2. The molecule has 0 radical (unpaired) electrons. The van der Waals surface area contributed by atoms with Gasteiger partial charge in [-0.1, -0.05) is 18.2 Å². The molecule has 0 N–H and O–H groups in total. The number of aryl methyl sites for hydroxylation is 1. The van der Waals surface area contributed by atoms with Gasteiger partial charge >= 0.3 is 6.11 Å². The Morgan fingerprint density at radius 2 is 1.89 bits per heavy atom. The molecule has 0 spiro atoms. The molecule has 6 heteroatoms. The summed E-state index contributed by atoms with van der Waals surface area (Å²) in [6.45, 7) is 0.519. The Kier molecular flexibility index (Phi) is 2.93. The number of hydrogen-bond donors (Lipinski definition) is 0. The van der Waals surface area contributed by atoms with Gasteiger partial charge in [-0.3, -0.25) is 0 Å². The second-order valence-corrected chi connectivity index (χ2v) is 4.48. The topological polar surface area (TPSA) is 39.9 Å². The number of nitrogens with zero attached hydrogens (tertiary/aromatic N) is 3. The molecule has 0 atom stereocenters. The molecule has 2 aromatic rings. The Morgan fingerprint density at radius 3 is 2.68 bits per heavy atom. The standard InChI is InChI=1S/C13H13F2N3O/c14-13(15,19-10-6-2-1-3-7-10)12-17-16-11-8-4-5-9-18(11)12/h1-3,6-7H,4-5,8-9H2. The van der Waals surface area contributed by atoms with Crippen molar-refractivity contribution in [2.75, 3.05) is 0 Å². The summed E-state index contributed by atoms with van der Waals surface area (Å²) in [6, 6.07) is 8.00. The van der Waals surface area contributed by atoms with Gasteiger partial charge in [-0.15, -0.1) is 10.2 Å². The number of hydrogen-bond acceptors (Lipinski definition) is 3. The Morgan fingerprint density at radius 1 is 1.11 bits per heavy atom. The van der Waals surface area contributed by atoms with E-state index in [1.54, 1.807) is 18.2 Å². The van der Waals surface area contributed by atoms with Gasteiger partial charge in [0.05, 0.1) is 0 Å². The molecule has 0 bridgehead atoms. The zero-order valence-corrected chi connectivity index (χ0v) is 10.2. The maximum absolute atomic E-state index is 14.1. The van der Waals surface area contributed by atoms with Crippen molar-refractivity contribution in [2.45, 2.75) is 31.9 Å². The molecule has 0 aliphatic carbocycles. The fourth-order valence-corrected chi connectivity index (χ4v) is 2.21. The molecule has 1 aromatic heterocycles. The van der Waals surface area contributed by atoms with Crippen LogP contribution in [0.1, 0.15) is 24.5 Å². The van der Waals surface area contributed by atoms with E-state index in [4.69, 9.17) is 4.74 Å². The van der Waals surface area contributed by atoms with Gasteiger partial charge in [0.15, 0.2) is 0 Å². The molecular formula is C13H13F2N3O. The summed E-state index contributed by atoms with van der Waals surface area (Å²) in [5, 5.41) is 7.42. The highest BCUT2D eigenvalue weighted by molar-refractivity contribution is 5.22. The minimum absolute atomic E-state index is 0.112. The first-order valence-electron chi connectivity index (χ1n) is 6.21. The van der Waals surface area contributed by atoms with E-state index in [1.807, 2.05) is 0 Å². The molecule has 0 saturated carbocycles. The van der Waals surface area contributed by atoms with Gasteiger partial charge in [0.1, 0.15) is 11.6 Å². The van der Waals surface area contributed by atoms with Crippen molar-refractivity contribution in [3.63, 3.8) is 0 Å². The first-order valence-corrected chi connectivity index (χ1v) is 6.21. The number of aromatic nitrogens is 3. The van der Waals surface area contributed by atoms with E-state index in [9.17, 15) is 8.78 Å². The van der Waals surface area contributed by atoms with Crippen LogP contribution in [0.4, 0.5) is 8.78 Å². The SMILES string of the molecule is FC(F)(Oc1ccccc1)c1nnc2n1CCCC2. The van der Waals surface area contributed by atoms with Crippen LogP contribution in [0.3, 0.4) is 0 Å². The number of rotatable bonds is 3. The number of fused-ring (bicyclic) bond motifs is 1. The monoisotopic (exact) mass is 265 g/mol. The lowest BCUT2D eigenvalue weighted by Gasteiger charge is -2.20. The molecule has 2 heterocycles. The summed E-state index contributed by atoms with van der Waals surface area (Å²) >= 11 is 0. The largest absolute Gasteiger partial charge is 0.462 e. The third kappa shape index (κ3) is 2.30. The predicted molar refractivity (Wildman–Crippen MR) is 63.9 cm³/mol. The highest BCUT2D eigenvalue weighted by atomic mass is 19.3. The first kappa shape index (κ1) is 12.1. The van der Waals surface area contributed by atoms with Crippen LogP contribution >= 0.6 is 0 Å². The van der Waals surface area contributed by atoms with Crippen LogP contribution in [-0.2, 0) is 19.1 Å². The fraction of sp³-hybridized carbons (Fsp3) is 0.385. The third-order valence-electron chi connectivity index (χ3n) is 3.11. The van der Waals surface area contributed by atoms with Gasteiger partial charge in [0, 0.05) is 13.0 Å². The highest BCUT2D eigenvalue weighted by Crippen LogP contribution is 2.31. The number of alkyl halides is 2. The fourth-order valence-electron chi connectivity index (χ4n) is 2.21. The Balaban J connectivity index is 1.90. The van der Waals surface area contributed by atoms with E-state index in [2.05, 4.69) is 10.2 Å². The zero-order chi connectivity index (χ0) is 13.3. The van der Waals surface area contributed by atoms with Crippen molar-refractivity contribution >= 4 is 0 Å². The molecule has 0 fully saturated rings. The summed E-state index contributed by atoms with van der Waals surface area (Å²) < 4.78 is 34.5. The summed E-state index contributed by atoms with van der Waals surface area (Å²) in [5.74, 6) is 0.310. The van der Waals surface area contributed by atoms with Crippen LogP contribution in [0.2, 0.25) is 0 Å². The highest BCUT2D eigenvalue weighted by Gasteiger charge is 2.41. The lowest BCUT2D eigenvalue weighted by Crippen LogP contribution is -2.28. The molecule has 0 unspecified atom stereocenters. The molecule has 1 aromatic carbocycles. The summed E-state index contributed by atoms with van der Waals surface area (Å²) in [7, 11) is 0. The van der Waals surface area contributed by atoms with Crippen LogP contribution in [0.15, 0.2) is 30.3 Å². The van der Waals surface area contributed by atoms with Crippen molar-refractivity contribution in [1.29, 1.82) is 0 Å². The van der Waals surface area contributed by atoms with Crippen LogP contribution in [-0.4, -0.2) is 14.8 Å². The van der Waals surface area contributed by atoms with Crippen molar-refractivity contribution in [3.8, 4) is 5.75 Å². The average molecular weight is 265 g/mol. The third-order valence-corrected chi connectivity index (χ3v) is 3.11. The number of ether oxygens (including phenoxy) is 1. The predicted octanol–water partition coefficient (Wildman–Crippen LogP) is 2.74. The average Bonchev–Trinajstić information content (AvgIpc) is 2.84. The molecule has 3 rings (SSSR count). The molecule has 1 aliphatic rings. The molecule has 1 aliphatic heterocycles. The van der Waals surface area contributed by atoms with Gasteiger partial charge in [0.2, 0.25) is 5.82 Å². The second-order valence-electron chi connectivity index (χ2n) is 4.48. The van der Waals surface area contributed by atoms with Crippen molar-refractivity contribution in [1.82, 2.24) is 14.8 Å². The minimum atomic E-state index is -3.47. The van der Waals surface area contributed by atoms with Gasteiger partial charge in [0.25, 0.3) is 0 Å². The maximum Gasteiger partial charge on any atom is 0.462 e. The summed E-state index contributed by atoms with van der Waals surface area (Å²) in [6.07, 6.45) is -0.957. The van der Waals surface area contributed by atoms with E-state index in [0.717, 1.165) is 12.8 Å². The number of benzene rings is 1. The van der Waals surface area contributed by atoms with E-state index in [0.29, 0.717) is 18.8 Å². The lowest BCUT2D eigenvalue weighted by molar-refractivity contribution is -0.194. The summed E-state index contributed by atoms with van der Waals surface area (Å²) in [5.41, 5.74) is 0. The van der Waals surface area contributed by atoms with Crippen LogP contribution in [0.25, 0.3) is 0 Å². The normalized spacial score (nSPS) is 15.1. The Labute approximate surface area is 109 Å². The van der Waals surface area contributed by atoms with E-state index >= 15 is 0 Å². The Hall–Kier alpha value is -1.98. The number of halogens is 2. The van der Waals surface area contributed by atoms with Gasteiger partial charge in [-0.2, -0.15) is 8.78 Å². The van der Waals surface area contributed by atoms with E-state index < -0.39 is 11.9 Å². The van der Waals surface area contributed by atoms with E-state index in [1.165, 1.54) is 16.7 Å². The van der Waals surface area contributed by atoms with E-state index in [-0.39, 0.29) is 5.75 Å². The minimum Gasteiger partial charge on any atom is -0.427 e. The molecule has 4 nitrogen and oxygen atoms in total. The maximum atomic E-state index is 14.1. The smallest absolute Gasteiger partial charge is 0.427 e. The van der Waals surface area contributed by atoms with Crippen LogP contribution in [0, 0.1) is 0 Å². The number of para-hydroxylation sites is 1. The molecule has 100 valence electrons. The van der Waals surface area contributed by atoms with Gasteiger partial charge < -0.3 is 9.30 Å². The second kappa shape index (κ2) is 4.60. The van der Waals surface area contributed by atoms with Crippen molar-refractivity contribution in [2.24, 2.45) is 0 Å². The van der Waals surface area contributed by atoms with Crippen LogP contribution in [0.5, 0.6) is 5.75 Å². The Bertz CT molecular complexity index is 569. The van der Waals surface area contributed by atoms with Gasteiger partial charge in [-0.25, -0.2) is 0 Å². The molecular weight excluding hydrogens is 252 g/mol. The van der Waals surface area contributed by atoms with Crippen molar-refractivity contribution < 1.29 is 13.5 Å². The molecule has 19 heavy (non-hydrogen) atoms. The van der Waals surface area contributed by atoms with Gasteiger partial charge in [-0.05, 0) is 25.0 Å². The van der Waals surface area contributed by atoms with Crippen LogP contribution < -0.4 is 4.74 Å². The lowest BCUT2D eigenvalue weighted by atomic mass is 10.1. The molecule has 0 saturated heterocycles.